The molecule has 1 amide bonds. The van der Waals surface area contributed by atoms with Crippen molar-refractivity contribution in [3.63, 3.8) is 0 Å². The second kappa shape index (κ2) is 8.24. The normalized spacial score (nSPS) is 10.9. The van der Waals surface area contributed by atoms with Crippen molar-refractivity contribution in [3.8, 4) is 0 Å². The van der Waals surface area contributed by atoms with Gasteiger partial charge in [0.15, 0.2) is 0 Å². The Bertz CT molecular complexity index is 335. The maximum Gasteiger partial charge on any atom is 0.236 e. The highest BCUT2D eigenvalue weighted by Gasteiger charge is 2.14. The number of hydrogen-bond acceptors (Lipinski definition) is 4. The molecule has 0 bridgehead atoms. The van der Waals surface area contributed by atoms with Gasteiger partial charge < -0.3 is 10.0 Å². The topological polar surface area (TPSA) is 43.8 Å². The van der Waals surface area contributed by atoms with E-state index in [-0.39, 0.29) is 12.5 Å². The highest BCUT2D eigenvalue weighted by molar-refractivity contribution is 7.09. The number of nitrogens with zero attached hydrogens (tertiary/aromatic N) is 2. The molecular formula is C13H22N2O2S. The molecule has 0 aliphatic heterocycles. The van der Waals surface area contributed by atoms with Gasteiger partial charge in [-0.3, -0.25) is 9.69 Å². The van der Waals surface area contributed by atoms with Crippen LogP contribution in [0.25, 0.3) is 0 Å². The van der Waals surface area contributed by atoms with Gasteiger partial charge in [0.2, 0.25) is 5.91 Å². The number of rotatable bonds is 8. The van der Waals surface area contributed by atoms with Crippen LogP contribution in [-0.4, -0.2) is 54.1 Å². The van der Waals surface area contributed by atoms with E-state index in [9.17, 15) is 4.79 Å². The van der Waals surface area contributed by atoms with Crippen molar-refractivity contribution in [2.45, 2.75) is 19.9 Å². The Balaban J connectivity index is 2.42. The van der Waals surface area contributed by atoms with Crippen molar-refractivity contribution in [1.82, 2.24) is 9.80 Å². The average Bonchev–Trinajstić information content (AvgIpc) is 2.82. The summed E-state index contributed by atoms with van der Waals surface area (Å²) in [5.74, 6) is 0.102. The molecule has 18 heavy (non-hydrogen) atoms. The minimum atomic E-state index is 0.0991. The Morgan fingerprint density at radius 3 is 2.78 bits per heavy atom. The Hall–Kier alpha value is -0.910. The van der Waals surface area contributed by atoms with Gasteiger partial charge in [-0.05, 0) is 24.4 Å². The number of carbonyl (C=O) groups excluding carboxylic acids is 1. The SMILES string of the molecule is CCCN(CCO)CC(=O)N(C)Cc1cccs1. The zero-order valence-electron chi connectivity index (χ0n) is 11.1. The van der Waals surface area contributed by atoms with Crippen molar-refractivity contribution < 1.29 is 9.90 Å². The highest BCUT2D eigenvalue weighted by atomic mass is 32.1. The smallest absolute Gasteiger partial charge is 0.236 e. The molecule has 4 nitrogen and oxygen atoms in total. The first-order valence-corrected chi connectivity index (χ1v) is 7.15. The van der Waals surface area contributed by atoms with Crippen LogP contribution in [0.4, 0.5) is 0 Å². The van der Waals surface area contributed by atoms with Gasteiger partial charge in [0, 0.05) is 18.5 Å². The van der Waals surface area contributed by atoms with Crippen LogP contribution in [0, 0.1) is 0 Å². The second-order valence-corrected chi connectivity index (χ2v) is 5.36. The van der Waals surface area contributed by atoms with Gasteiger partial charge in [0.05, 0.1) is 19.7 Å². The Labute approximate surface area is 113 Å². The largest absolute Gasteiger partial charge is 0.395 e. The van der Waals surface area contributed by atoms with E-state index in [0.29, 0.717) is 19.6 Å². The van der Waals surface area contributed by atoms with Crippen LogP contribution in [-0.2, 0) is 11.3 Å². The fourth-order valence-electron chi connectivity index (χ4n) is 1.76. The van der Waals surface area contributed by atoms with Gasteiger partial charge in [-0.2, -0.15) is 0 Å². The van der Waals surface area contributed by atoms with Gasteiger partial charge in [-0.25, -0.2) is 0 Å². The fourth-order valence-corrected chi connectivity index (χ4v) is 2.52. The van der Waals surface area contributed by atoms with Crippen LogP contribution in [0.5, 0.6) is 0 Å². The molecule has 1 aromatic rings. The molecule has 0 saturated heterocycles. The number of carbonyl (C=O) groups is 1. The van der Waals surface area contributed by atoms with Crippen LogP contribution < -0.4 is 0 Å². The lowest BCUT2D eigenvalue weighted by Crippen LogP contribution is -2.39. The maximum absolute atomic E-state index is 12.0. The first-order chi connectivity index (χ1) is 8.67. The first kappa shape index (κ1) is 15.1. The molecule has 1 rings (SSSR count). The molecule has 0 fully saturated rings. The molecule has 0 unspecified atom stereocenters. The summed E-state index contributed by atoms with van der Waals surface area (Å²) in [6, 6.07) is 4.03. The van der Waals surface area contributed by atoms with E-state index in [1.165, 1.54) is 4.88 Å². The van der Waals surface area contributed by atoms with E-state index >= 15 is 0 Å². The zero-order valence-corrected chi connectivity index (χ0v) is 11.9. The summed E-state index contributed by atoms with van der Waals surface area (Å²) in [4.78, 5) is 17.0. The fraction of sp³-hybridized carbons (Fsp3) is 0.615. The van der Waals surface area contributed by atoms with Crippen LogP contribution in [0.15, 0.2) is 17.5 Å². The van der Waals surface area contributed by atoms with E-state index in [2.05, 4.69) is 6.92 Å². The number of likely N-dealkylation sites (N-methyl/N-ethyl adjacent to an activating group) is 1. The van der Waals surface area contributed by atoms with Gasteiger partial charge in [0.25, 0.3) is 0 Å². The number of aliphatic hydroxyl groups is 1. The van der Waals surface area contributed by atoms with Crippen molar-refractivity contribution in [3.05, 3.63) is 22.4 Å². The third-order valence-corrected chi connectivity index (χ3v) is 3.57. The van der Waals surface area contributed by atoms with Crippen LogP contribution >= 0.6 is 11.3 Å². The number of amides is 1. The second-order valence-electron chi connectivity index (χ2n) is 4.33. The van der Waals surface area contributed by atoms with Gasteiger partial charge in [-0.1, -0.05) is 13.0 Å². The summed E-state index contributed by atoms with van der Waals surface area (Å²) < 4.78 is 0. The summed E-state index contributed by atoms with van der Waals surface area (Å²) in [5, 5.41) is 11.0. The van der Waals surface area contributed by atoms with Crippen LogP contribution in [0.2, 0.25) is 0 Å². The first-order valence-electron chi connectivity index (χ1n) is 6.27. The molecule has 0 radical (unpaired) electrons. The lowest BCUT2D eigenvalue weighted by molar-refractivity contribution is -0.131. The highest BCUT2D eigenvalue weighted by Crippen LogP contribution is 2.11. The maximum atomic E-state index is 12.0. The third kappa shape index (κ3) is 5.16. The summed E-state index contributed by atoms with van der Waals surface area (Å²) >= 11 is 1.66. The van der Waals surface area contributed by atoms with Gasteiger partial charge in [-0.15, -0.1) is 11.3 Å². The molecule has 1 aromatic heterocycles. The summed E-state index contributed by atoms with van der Waals surface area (Å²) in [7, 11) is 1.82. The molecule has 0 aromatic carbocycles. The quantitative estimate of drug-likeness (QED) is 0.777. The number of thiophene rings is 1. The van der Waals surface area contributed by atoms with Crippen molar-refractivity contribution in [1.29, 1.82) is 0 Å². The molecule has 0 aliphatic rings. The Morgan fingerprint density at radius 2 is 2.22 bits per heavy atom. The molecule has 0 spiro atoms. The standard InChI is InChI=1S/C13H22N2O2S/c1-3-6-15(7-8-16)11-13(17)14(2)10-12-5-4-9-18-12/h4-5,9,16H,3,6-8,10-11H2,1-2H3. The lowest BCUT2D eigenvalue weighted by atomic mass is 10.3. The van der Waals surface area contributed by atoms with Crippen molar-refractivity contribution in [2.24, 2.45) is 0 Å². The zero-order chi connectivity index (χ0) is 13.4. The van der Waals surface area contributed by atoms with E-state index in [0.717, 1.165) is 13.0 Å². The summed E-state index contributed by atoms with van der Waals surface area (Å²) in [6.07, 6.45) is 0.988. The molecule has 0 saturated carbocycles. The molecule has 1 heterocycles. The Morgan fingerprint density at radius 1 is 1.44 bits per heavy atom. The molecule has 1 N–H and O–H groups in total. The summed E-state index contributed by atoms with van der Waals surface area (Å²) in [6.45, 7) is 4.63. The Kier molecular flexibility index (Phi) is 6.93. The van der Waals surface area contributed by atoms with Crippen molar-refractivity contribution in [2.75, 3.05) is 33.3 Å². The van der Waals surface area contributed by atoms with Gasteiger partial charge in [0.1, 0.15) is 0 Å². The van der Waals surface area contributed by atoms with E-state index in [1.54, 1.807) is 16.2 Å². The van der Waals surface area contributed by atoms with E-state index in [1.807, 2.05) is 29.5 Å². The van der Waals surface area contributed by atoms with Gasteiger partial charge >= 0.3 is 0 Å². The molecule has 0 aliphatic carbocycles. The molecule has 5 heteroatoms. The summed E-state index contributed by atoms with van der Waals surface area (Å²) in [5.41, 5.74) is 0. The van der Waals surface area contributed by atoms with E-state index < -0.39 is 0 Å². The van der Waals surface area contributed by atoms with Crippen molar-refractivity contribution >= 4 is 17.2 Å². The minimum Gasteiger partial charge on any atom is -0.395 e. The molecule has 0 atom stereocenters. The van der Waals surface area contributed by atoms with Crippen LogP contribution in [0.3, 0.4) is 0 Å². The average molecular weight is 270 g/mol. The number of aliphatic hydroxyl groups excluding tert-OH is 1. The van der Waals surface area contributed by atoms with E-state index in [4.69, 9.17) is 5.11 Å². The van der Waals surface area contributed by atoms with Crippen LogP contribution in [0.1, 0.15) is 18.2 Å². The minimum absolute atomic E-state index is 0.0991. The lowest BCUT2D eigenvalue weighted by Gasteiger charge is -2.23. The number of hydrogen-bond donors (Lipinski definition) is 1. The molecule has 102 valence electrons. The predicted molar refractivity (Wildman–Crippen MR) is 74.6 cm³/mol. The third-order valence-electron chi connectivity index (χ3n) is 2.71. The molecular weight excluding hydrogens is 248 g/mol. The monoisotopic (exact) mass is 270 g/mol. The predicted octanol–water partition coefficient (Wildman–Crippen LogP) is 1.41.